The molecule has 1 N–H and O–H groups in total. The van der Waals surface area contributed by atoms with Crippen molar-refractivity contribution in [2.75, 3.05) is 26.2 Å². The van der Waals surface area contributed by atoms with Gasteiger partial charge in [0.15, 0.2) is 5.82 Å². The first-order chi connectivity index (χ1) is 10.5. The van der Waals surface area contributed by atoms with Crippen LogP contribution < -0.4 is 5.32 Å². The largest absolute Gasteiger partial charge is 0.315 e. The molecule has 0 unspecified atom stereocenters. The van der Waals surface area contributed by atoms with Gasteiger partial charge in [0.1, 0.15) is 0 Å². The minimum Gasteiger partial charge on any atom is -0.315 e. The van der Waals surface area contributed by atoms with Crippen LogP contribution in [0.15, 0.2) is 25.0 Å². The fourth-order valence-electron chi connectivity index (χ4n) is 2.40. The number of hydrogen-bond donors (Lipinski definition) is 1. The molecule has 1 aromatic heterocycles. The van der Waals surface area contributed by atoms with Crippen molar-refractivity contribution in [2.24, 2.45) is 0 Å². The quantitative estimate of drug-likeness (QED) is 0.918. The summed E-state index contributed by atoms with van der Waals surface area (Å²) in [4.78, 5) is 3.55. The van der Waals surface area contributed by atoms with E-state index < -0.39 is 15.8 Å². The van der Waals surface area contributed by atoms with Crippen LogP contribution in [-0.2, 0) is 10.0 Å². The van der Waals surface area contributed by atoms with Crippen LogP contribution in [0.3, 0.4) is 0 Å². The Morgan fingerprint density at radius 1 is 1.41 bits per heavy atom. The lowest BCUT2D eigenvalue weighted by molar-refractivity contribution is 0.440. The van der Waals surface area contributed by atoms with Gasteiger partial charge in [-0.05, 0) is 19.9 Å². The molecule has 0 aromatic carbocycles. The van der Waals surface area contributed by atoms with Crippen LogP contribution >= 0.6 is 0 Å². The van der Waals surface area contributed by atoms with E-state index in [1.165, 1.54) is 10.5 Å². The number of pyridine rings is 1. The van der Waals surface area contributed by atoms with Gasteiger partial charge in [-0.15, -0.1) is 0 Å². The Kier molecular flexibility index (Phi) is 5.44. The molecule has 0 amide bonds. The molecule has 1 saturated heterocycles. The van der Waals surface area contributed by atoms with E-state index >= 15 is 0 Å². The van der Waals surface area contributed by atoms with E-state index in [2.05, 4.69) is 16.9 Å². The maximum absolute atomic E-state index is 14.1. The van der Waals surface area contributed by atoms with Gasteiger partial charge in [0.2, 0.25) is 10.0 Å². The number of nitrogens with zero attached hydrogens (tertiary/aromatic N) is 2. The summed E-state index contributed by atoms with van der Waals surface area (Å²) >= 11 is 0. The molecule has 22 heavy (non-hydrogen) atoms. The van der Waals surface area contributed by atoms with Crippen LogP contribution in [0.1, 0.15) is 24.5 Å². The minimum absolute atomic E-state index is 0.00898. The number of halogens is 1. The van der Waals surface area contributed by atoms with Crippen molar-refractivity contribution in [1.82, 2.24) is 14.6 Å². The standard InChI is InChI=1S/C15H20FN3O2S/c1-3-5-13-10-18-11-14(16)15(13)12(2)22(20,21)19-8-4-6-17-7-9-19/h3,5,10-11,17H,2,4,6-9H2,1H3/b5-3-. The molecule has 7 heteroatoms. The Balaban J connectivity index is 2.42. The molecule has 5 nitrogen and oxygen atoms in total. The van der Waals surface area contributed by atoms with Crippen LogP contribution in [0.4, 0.5) is 4.39 Å². The third kappa shape index (κ3) is 3.43. The summed E-state index contributed by atoms with van der Waals surface area (Å²) in [7, 11) is -3.80. The summed E-state index contributed by atoms with van der Waals surface area (Å²) in [6.45, 7) is 7.53. The topological polar surface area (TPSA) is 62.3 Å². The van der Waals surface area contributed by atoms with Gasteiger partial charge in [-0.3, -0.25) is 4.98 Å². The van der Waals surface area contributed by atoms with Gasteiger partial charge in [0.05, 0.1) is 11.1 Å². The van der Waals surface area contributed by atoms with E-state index in [9.17, 15) is 12.8 Å². The zero-order chi connectivity index (χ0) is 16.2. The molecule has 1 aromatic rings. The number of hydrogen-bond acceptors (Lipinski definition) is 4. The van der Waals surface area contributed by atoms with E-state index in [1.54, 1.807) is 19.1 Å². The highest BCUT2D eigenvalue weighted by Gasteiger charge is 2.29. The first-order valence-corrected chi connectivity index (χ1v) is 8.59. The number of aromatic nitrogens is 1. The maximum atomic E-state index is 14.1. The second kappa shape index (κ2) is 7.13. The molecular weight excluding hydrogens is 305 g/mol. The normalized spacial score (nSPS) is 17.5. The molecule has 0 bridgehead atoms. The lowest BCUT2D eigenvalue weighted by Gasteiger charge is -2.22. The predicted octanol–water partition coefficient (Wildman–Crippen LogP) is 1.85. The second-order valence-corrected chi connectivity index (χ2v) is 6.98. The molecule has 0 saturated carbocycles. The molecule has 0 radical (unpaired) electrons. The van der Waals surface area contributed by atoms with Gasteiger partial charge in [0, 0.05) is 37.0 Å². The summed E-state index contributed by atoms with van der Waals surface area (Å²) in [5, 5.41) is 3.14. The molecule has 1 aliphatic heterocycles. The number of sulfonamides is 1. The summed E-state index contributed by atoms with van der Waals surface area (Å²) < 4.78 is 41.0. The number of rotatable bonds is 4. The summed E-state index contributed by atoms with van der Waals surface area (Å²) in [6.07, 6.45) is 6.48. The first-order valence-electron chi connectivity index (χ1n) is 7.15. The molecule has 1 fully saturated rings. The van der Waals surface area contributed by atoms with Crippen molar-refractivity contribution in [3.8, 4) is 0 Å². The highest BCUT2D eigenvalue weighted by molar-refractivity contribution is 7.98. The highest BCUT2D eigenvalue weighted by Crippen LogP contribution is 2.28. The Bertz CT molecular complexity index is 678. The van der Waals surface area contributed by atoms with Gasteiger partial charge in [0.25, 0.3) is 0 Å². The fourth-order valence-corrected chi connectivity index (χ4v) is 3.88. The highest BCUT2D eigenvalue weighted by atomic mass is 32.2. The molecule has 2 rings (SSSR count). The second-order valence-electron chi connectivity index (χ2n) is 5.02. The van der Waals surface area contributed by atoms with Gasteiger partial charge >= 0.3 is 0 Å². The van der Waals surface area contributed by atoms with Crippen molar-refractivity contribution in [3.05, 3.63) is 42.0 Å². The smallest absolute Gasteiger partial charge is 0.243 e. The maximum Gasteiger partial charge on any atom is 0.243 e. The van der Waals surface area contributed by atoms with Crippen molar-refractivity contribution in [2.45, 2.75) is 13.3 Å². The minimum atomic E-state index is -3.80. The fraction of sp³-hybridized carbons (Fsp3) is 0.400. The van der Waals surface area contributed by atoms with Gasteiger partial charge < -0.3 is 5.32 Å². The monoisotopic (exact) mass is 325 g/mol. The van der Waals surface area contributed by atoms with Crippen LogP contribution in [-0.4, -0.2) is 43.9 Å². The molecule has 120 valence electrons. The number of nitrogens with one attached hydrogen (secondary N) is 1. The van der Waals surface area contributed by atoms with Crippen LogP contribution in [0.5, 0.6) is 0 Å². The molecule has 0 aliphatic carbocycles. The molecule has 2 heterocycles. The van der Waals surface area contributed by atoms with E-state index in [0.29, 0.717) is 31.6 Å². The Morgan fingerprint density at radius 2 is 2.18 bits per heavy atom. The van der Waals surface area contributed by atoms with Crippen molar-refractivity contribution < 1.29 is 12.8 Å². The summed E-state index contributed by atoms with van der Waals surface area (Å²) in [5.41, 5.74) is 0.398. The third-order valence-corrected chi connectivity index (χ3v) is 5.38. The SMILES string of the molecule is C=C(c1c(F)cncc1/C=C\C)S(=O)(=O)N1CCCNCC1. The average molecular weight is 325 g/mol. The molecule has 0 spiro atoms. The van der Waals surface area contributed by atoms with Gasteiger partial charge in [-0.2, -0.15) is 4.31 Å². The zero-order valence-corrected chi connectivity index (χ0v) is 13.4. The first kappa shape index (κ1) is 16.8. The number of allylic oxidation sites excluding steroid dienone is 1. The Labute approximate surface area is 130 Å². The van der Waals surface area contributed by atoms with Crippen molar-refractivity contribution in [1.29, 1.82) is 0 Å². The van der Waals surface area contributed by atoms with Crippen molar-refractivity contribution in [3.63, 3.8) is 0 Å². The summed E-state index contributed by atoms with van der Waals surface area (Å²) in [6, 6.07) is 0. The molecule has 0 atom stereocenters. The Morgan fingerprint density at radius 3 is 2.91 bits per heavy atom. The van der Waals surface area contributed by atoms with Crippen molar-refractivity contribution >= 4 is 21.0 Å². The average Bonchev–Trinajstić information content (AvgIpc) is 2.77. The van der Waals surface area contributed by atoms with Gasteiger partial charge in [-0.25, -0.2) is 12.8 Å². The van der Waals surface area contributed by atoms with E-state index in [4.69, 9.17) is 0 Å². The van der Waals surface area contributed by atoms with Crippen LogP contribution in [0.25, 0.3) is 11.0 Å². The molecule has 1 aliphatic rings. The van der Waals surface area contributed by atoms with E-state index in [-0.39, 0.29) is 10.5 Å². The summed E-state index contributed by atoms with van der Waals surface area (Å²) in [5.74, 6) is -0.683. The van der Waals surface area contributed by atoms with Gasteiger partial charge in [-0.1, -0.05) is 18.7 Å². The Hall–Kier alpha value is -1.57. The predicted molar refractivity (Wildman–Crippen MR) is 85.9 cm³/mol. The lowest BCUT2D eigenvalue weighted by atomic mass is 10.1. The molecular formula is C15H20FN3O2S. The van der Waals surface area contributed by atoms with E-state index in [1.807, 2.05) is 0 Å². The van der Waals surface area contributed by atoms with Crippen LogP contribution in [0, 0.1) is 5.82 Å². The van der Waals surface area contributed by atoms with E-state index in [0.717, 1.165) is 12.7 Å². The van der Waals surface area contributed by atoms with Crippen LogP contribution in [0.2, 0.25) is 0 Å². The zero-order valence-electron chi connectivity index (χ0n) is 12.5. The third-order valence-electron chi connectivity index (χ3n) is 3.50. The lowest BCUT2D eigenvalue weighted by Crippen LogP contribution is -2.34.